The van der Waals surface area contributed by atoms with Crippen LogP contribution in [0.1, 0.15) is 16.2 Å². The fourth-order valence-electron chi connectivity index (χ4n) is 3.37. The molecule has 0 atom stereocenters. The van der Waals surface area contributed by atoms with E-state index < -0.39 is 12.1 Å². The number of anilines is 1. The molecule has 11 heteroatoms. The second-order valence-electron chi connectivity index (χ2n) is 6.94. The van der Waals surface area contributed by atoms with Gasteiger partial charge in [-0.05, 0) is 31.2 Å². The van der Waals surface area contributed by atoms with Crippen LogP contribution in [0.2, 0.25) is 0 Å². The third-order valence-electron chi connectivity index (χ3n) is 4.76. The van der Waals surface area contributed by atoms with Crippen LogP contribution in [0.4, 0.5) is 19.0 Å². The molecule has 3 heterocycles. The fourth-order valence-corrected chi connectivity index (χ4v) is 3.37. The Hall–Kier alpha value is -3.63. The summed E-state index contributed by atoms with van der Waals surface area (Å²) in [5, 5.41) is 4.19. The predicted octanol–water partition coefficient (Wildman–Crippen LogP) is 2.83. The van der Waals surface area contributed by atoms with Gasteiger partial charge in [-0.15, -0.1) is 13.2 Å². The minimum Gasteiger partial charge on any atom is -0.406 e. The third-order valence-corrected chi connectivity index (χ3v) is 4.76. The van der Waals surface area contributed by atoms with Crippen LogP contribution in [0.25, 0.3) is 5.82 Å². The molecule has 1 aliphatic heterocycles. The lowest BCUT2D eigenvalue weighted by atomic mass is 10.1. The summed E-state index contributed by atoms with van der Waals surface area (Å²) < 4.78 is 42.9. The SMILES string of the molecule is Cc1nc(N2CCN(C(=O)c3cccc(OC(F)(F)F)c3)CC2)cc(-n2cccn2)n1. The molecular weight excluding hydrogens is 413 g/mol. The Kier molecular flexibility index (Phi) is 5.49. The highest BCUT2D eigenvalue weighted by molar-refractivity contribution is 5.94. The van der Waals surface area contributed by atoms with E-state index in [1.54, 1.807) is 35.0 Å². The van der Waals surface area contributed by atoms with E-state index in [1.165, 1.54) is 12.1 Å². The van der Waals surface area contributed by atoms with Crippen LogP contribution in [-0.4, -0.2) is 63.1 Å². The number of carbonyl (C=O) groups is 1. The molecule has 1 aliphatic rings. The first-order valence-electron chi connectivity index (χ1n) is 9.54. The van der Waals surface area contributed by atoms with E-state index in [0.29, 0.717) is 37.8 Å². The monoisotopic (exact) mass is 432 g/mol. The van der Waals surface area contributed by atoms with Gasteiger partial charge in [-0.25, -0.2) is 14.6 Å². The molecule has 1 aromatic carbocycles. The number of halogens is 3. The Morgan fingerprint density at radius 2 is 1.77 bits per heavy atom. The molecule has 162 valence electrons. The number of hydrogen-bond donors (Lipinski definition) is 0. The summed E-state index contributed by atoms with van der Waals surface area (Å²) >= 11 is 0. The van der Waals surface area contributed by atoms with Crippen LogP contribution in [-0.2, 0) is 0 Å². The molecular formula is C20H19F3N6O2. The third kappa shape index (κ3) is 4.93. The zero-order valence-corrected chi connectivity index (χ0v) is 16.6. The lowest BCUT2D eigenvalue weighted by molar-refractivity contribution is -0.274. The van der Waals surface area contributed by atoms with Gasteiger partial charge in [0.2, 0.25) is 0 Å². The van der Waals surface area contributed by atoms with Crippen molar-refractivity contribution in [2.45, 2.75) is 13.3 Å². The molecule has 3 aromatic rings. The van der Waals surface area contributed by atoms with E-state index >= 15 is 0 Å². The van der Waals surface area contributed by atoms with E-state index in [9.17, 15) is 18.0 Å². The summed E-state index contributed by atoms with van der Waals surface area (Å²) in [4.78, 5) is 25.3. The topological polar surface area (TPSA) is 76.4 Å². The van der Waals surface area contributed by atoms with Gasteiger partial charge in [-0.2, -0.15) is 5.10 Å². The average Bonchev–Trinajstić information content (AvgIpc) is 3.27. The number of amides is 1. The molecule has 8 nitrogen and oxygen atoms in total. The summed E-state index contributed by atoms with van der Waals surface area (Å²) in [6.07, 6.45) is -1.35. The fraction of sp³-hybridized carbons (Fsp3) is 0.300. The Morgan fingerprint density at radius 1 is 1.03 bits per heavy atom. The molecule has 0 spiro atoms. The standard InChI is InChI=1S/C20H19F3N6O2/c1-14-25-17(13-18(26-14)29-7-3-6-24-29)27-8-10-28(11-9-27)19(30)15-4-2-5-16(12-15)31-20(21,22)23/h2-7,12-13H,8-11H2,1H3. The highest BCUT2D eigenvalue weighted by Gasteiger charge is 2.31. The van der Waals surface area contributed by atoms with Crippen molar-refractivity contribution in [1.82, 2.24) is 24.6 Å². The molecule has 4 rings (SSSR count). The van der Waals surface area contributed by atoms with Crippen LogP contribution in [0.15, 0.2) is 48.8 Å². The molecule has 0 bridgehead atoms. The molecule has 0 saturated carbocycles. The number of carbonyl (C=O) groups excluding carboxylic acids is 1. The molecule has 0 aliphatic carbocycles. The number of aryl methyl sites for hydroxylation is 1. The van der Waals surface area contributed by atoms with Gasteiger partial charge >= 0.3 is 6.36 Å². The van der Waals surface area contributed by atoms with E-state index in [4.69, 9.17) is 0 Å². The van der Waals surface area contributed by atoms with Crippen molar-refractivity contribution < 1.29 is 22.7 Å². The smallest absolute Gasteiger partial charge is 0.406 e. The van der Waals surface area contributed by atoms with Gasteiger partial charge in [0.05, 0.1) is 0 Å². The van der Waals surface area contributed by atoms with Gasteiger partial charge in [-0.1, -0.05) is 6.07 Å². The zero-order chi connectivity index (χ0) is 22.0. The summed E-state index contributed by atoms with van der Waals surface area (Å²) in [6, 6.07) is 8.74. The number of piperazine rings is 1. The first kappa shape index (κ1) is 20.6. The van der Waals surface area contributed by atoms with Gasteiger partial charge in [0.15, 0.2) is 5.82 Å². The maximum absolute atomic E-state index is 12.8. The lowest BCUT2D eigenvalue weighted by Gasteiger charge is -2.35. The first-order valence-corrected chi connectivity index (χ1v) is 9.54. The maximum Gasteiger partial charge on any atom is 0.573 e. The molecule has 1 amide bonds. The number of ether oxygens (including phenoxy) is 1. The summed E-state index contributed by atoms with van der Waals surface area (Å²) in [5.74, 6) is 1.21. The van der Waals surface area contributed by atoms with Crippen LogP contribution in [0.3, 0.4) is 0 Å². The van der Waals surface area contributed by atoms with E-state index in [0.717, 1.165) is 18.0 Å². The predicted molar refractivity (Wildman–Crippen MR) is 105 cm³/mol. The molecule has 0 N–H and O–H groups in total. The van der Waals surface area contributed by atoms with E-state index in [-0.39, 0.29) is 11.5 Å². The maximum atomic E-state index is 12.8. The molecule has 1 fully saturated rings. The Bertz CT molecular complexity index is 1060. The molecule has 1 saturated heterocycles. The summed E-state index contributed by atoms with van der Waals surface area (Å²) in [5.41, 5.74) is 0.147. The quantitative estimate of drug-likeness (QED) is 0.631. The largest absolute Gasteiger partial charge is 0.573 e. The van der Waals surface area contributed by atoms with Crippen molar-refractivity contribution in [1.29, 1.82) is 0 Å². The van der Waals surface area contributed by atoms with Crippen molar-refractivity contribution in [3.8, 4) is 11.6 Å². The van der Waals surface area contributed by atoms with E-state index in [2.05, 4.69) is 19.8 Å². The van der Waals surface area contributed by atoms with Crippen molar-refractivity contribution in [2.75, 3.05) is 31.1 Å². The number of alkyl halides is 3. The van der Waals surface area contributed by atoms with Crippen LogP contribution in [0.5, 0.6) is 5.75 Å². The second kappa shape index (κ2) is 8.25. The number of benzene rings is 1. The van der Waals surface area contributed by atoms with Crippen molar-refractivity contribution in [2.24, 2.45) is 0 Å². The Morgan fingerprint density at radius 3 is 2.45 bits per heavy atom. The van der Waals surface area contributed by atoms with Crippen molar-refractivity contribution in [3.05, 3.63) is 60.2 Å². The summed E-state index contributed by atoms with van der Waals surface area (Å²) in [6.45, 7) is 3.66. The van der Waals surface area contributed by atoms with Gasteiger partial charge in [0.1, 0.15) is 17.4 Å². The van der Waals surface area contributed by atoms with Crippen molar-refractivity contribution in [3.63, 3.8) is 0 Å². The van der Waals surface area contributed by atoms with Crippen LogP contribution < -0.4 is 9.64 Å². The Balaban J connectivity index is 1.43. The first-order chi connectivity index (χ1) is 14.8. The zero-order valence-electron chi connectivity index (χ0n) is 16.6. The molecule has 31 heavy (non-hydrogen) atoms. The van der Waals surface area contributed by atoms with Crippen molar-refractivity contribution >= 4 is 11.7 Å². The number of rotatable bonds is 4. The normalized spacial score (nSPS) is 14.6. The van der Waals surface area contributed by atoms with Crippen LogP contribution in [0, 0.1) is 6.92 Å². The molecule has 0 unspecified atom stereocenters. The highest BCUT2D eigenvalue weighted by atomic mass is 19.4. The number of hydrogen-bond acceptors (Lipinski definition) is 6. The number of nitrogens with zero attached hydrogens (tertiary/aromatic N) is 6. The Labute approximate surface area is 175 Å². The minimum absolute atomic E-state index is 0.147. The van der Waals surface area contributed by atoms with Gasteiger partial charge in [0, 0.05) is 50.2 Å². The highest BCUT2D eigenvalue weighted by Crippen LogP contribution is 2.24. The van der Waals surface area contributed by atoms with Crippen LogP contribution >= 0.6 is 0 Å². The van der Waals surface area contributed by atoms with Gasteiger partial charge in [0.25, 0.3) is 5.91 Å². The average molecular weight is 432 g/mol. The van der Waals surface area contributed by atoms with Gasteiger partial charge in [-0.3, -0.25) is 4.79 Å². The molecule has 0 radical (unpaired) electrons. The van der Waals surface area contributed by atoms with Gasteiger partial charge < -0.3 is 14.5 Å². The van der Waals surface area contributed by atoms with E-state index in [1.807, 2.05) is 11.0 Å². The molecule has 2 aromatic heterocycles. The second-order valence-corrected chi connectivity index (χ2v) is 6.94. The lowest BCUT2D eigenvalue weighted by Crippen LogP contribution is -2.49. The summed E-state index contributed by atoms with van der Waals surface area (Å²) in [7, 11) is 0. The number of aromatic nitrogens is 4. The minimum atomic E-state index is -4.81.